The van der Waals surface area contributed by atoms with Crippen LogP contribution in [0.15, 0.2) is 34.9 Å². The quantitative estimate of drug-likeness (QED) is 0.721. The summed E-state index contributed by atoms with van der Waals surface area (Å²) < 4.78 is 5.18. The molecular weight excluding hydrogens is 164 g/mol. The Hall–Kier alpha value is -1.77. The Bertz CT molecular complexity index is 403. The van der Waals surface area contributed by atoms with Gasteiger partial charge in [0.05, 0.1) is 6.20 Å². The lowest BCUT2D eigenvalue weighted by molar-refractivity contribution is 0.594. The molecule has 0 atom stereocenters. The van der Waals surface area contributed by atoms with Crippen molar-refractivity contribution in [3.8, 4) is 11.5 Å². The van der Waals surface area contributed by atoms with E-state index in [0.717, 1.165) is 5.56 Å². The third-order valence-electron chi connectivity index (χ3n) is 1.82. The number of aryl methyl sites for hydroxylation is 1. The molecule has 0 saturated carbocycles. The highest BCUT2D eigenvalue weighted by atomic mass is 16.4. The molecule has 0 spiro atoms. The number of aromatic nitrogens is 1. The average Bonchev–Trinajstić information content (AvgIpc) is 2.53. The first-order valence-corrected chi connectivity index (χ1v) is 4.04. The van der Waals surface area contributed by atoms with Gasteiger partial charge >= 0.3 is 0 Å². The van der Waals surface area contributed by atoms with Gasteiger partial charge in [0.25, 0.3) is 0 Å². The maximum absolute atomic E-state index is 5.42. The molecule has 0 bridgehead atoms. The summed E-state index contributed by atoms with van der Waals surface area (Å²) in [6.07, 6.45) is 1.51. The van der Waals surface area contributed by atoms with Crippen LogP contribution in [0.3, 0.4) is 0 Å². The third-order valence-corrected chi connectivity index (χ3v) is 1.82. The van der Waals surface area contributed by atoms with E-state index in [9.17, 15) is 0 Å². The Balaban J connectivity index is 2.41. The van der Waals surface area contributed by atoms with E-state index in [4.69, 9.17) is 10.2 Å². The van der Waals surface area contributed by atoms with Crippen LogP contribution in [0.4, 0.5) is 5.88 Å². The Morgan fingerprint density at radius 1 is 1.23 bits per heavy atom. The summed E-state index contributed by atoms with van der Waals surface area (Å²) in [6, 6.07) is 7.94. The van der Waals surface area contributed by atoms with Gasteiger partial charge in [-0.3, -0.25) is 0 Å². The second-order valence-corrected chi connectivity index (χ2v) is 2.93. The zero-order valence-corrected chi connectivity index (χ0v) is 7.32. The van der Waals surface area contributed by atoms with Gasteiger partial charge in [-0.15, -0.1) is 0 Å². The van der Waals surface area contributed by atoms with E-state index in [-0.39, 0.29) is 0 Å². The Kier molecular flexibility index (Phi) is 1.77. The van der Waals surface area contributed by atoms with Crippen molar-refractivity contribution >= 4 is 5.88 Å². The average molecular weight is 174 g/mol. The number of nitrogens with zero attached hydrogens (tertiary/aromatic N) is 1. The lowest BCUT2D eigenvalue weighted by Gasteiger charge is -1.95. The normalized spacial score (nSPS) is 10.2. The van der Waals surface area contributed by atoms with Crippen molar-refractivity contribution in [3.63, 3.8) is 0 Å². The minimum absolute atomic E-state index is 0.343. The molecule has 0 amide bonds. The second-order valence-electron chi connectivity index (χ2n) is 2.93. The van der Waals surface area contributed by atoms with Crippen LogP contribution in [0.5, 0.6) is 0 Å². The van der Waals surface area contributed by atoms with Crippen molar-refractivity contribution in [1.29, 1.82) is 0 Å². The van der Waals surface area contributed by atoms with Gasteiger partial charge in [0.15, 0.2) is 0 Å². The lowest BCUT2D eigenvalue weighted by atomic mass is 10.1. The molecule has 2 aromatic rings. The van der Waals surface area contributed by atoms with E-state index in [1.807, 2.05) is 31.2 Å². The van der Waals surface area contributed by atoms with Gasteiger partial charge in [-0.2, -0.15) is 0 Å². The summed E-state index contributed by atoms with van der Waals surface area (Å²) in [5, 5.41) is 0. The molecule has 0 aliphatic carbocycles. The molecule has 0 aliphatic rings. The first-order chi connectivity index (χ1) is 6.25. The van der Waals surface area contributed by atoms with Crippen LogP contribution < -0.4 is 5.73 Å². The molecule has 1 aromatic heterocycles. The number of hydrogen-bond donors (Lipinski definition) is 1. The van der Waals surface area contributed by atoms with Crippen molar-refractivity contribution in [2.75, 3.05) is 5.73 Å². The molecule has 1 heterocycles. The van der Waals surface area contributed by atoms with Crippen molar-refractivity contribution in [2.24, 2.45) is 0 Å². The molecule has 0 saturated heterocycles. The highest BCUT2D eigenvalue weighted by Crippen LogP contribution is 2.19. The molecule has 2 N–H and O–H groups in total. The molecule has 0 radical (unpaired) electrons. The fourth-order valence-corrected chi connectivity index (χ4v) is 1.12. The van der Waals surface area contributed by atoms with Crippen molar-refractivity contribution < 1.29 is 4.42 Å². The highest BCUT2D eigenvalue weighted by molar-refractivity contribution is 5.54. The fourth-order valence-electron chi connectivity index (χ4n) is 1.12. The van der Waals surface area contributed by atoms with E-state index in [1.165, 1.54) is 11.8 Å². The molecule has 0 aliphatic heterocycles. The minimum atomic E-state index is 0.343. The van der Waals surface area contributed by atoms with Gasteiger partial charge in [-0.1, -0.05) is 17.7 Å². The molecule has 0 fully saturated rings. The largest absolute Gasteiger partial charge is 0.421 e. The number of nitrogens with two attached hydrogens (primary N) is 1. The summed E-state index contributed by atoms with van der Waals surface area (Å²) in [5.74, 6) is 0.910. The number of rotatable bonds is 1. The van der Waals surface area contributed by atoms with Crippen molar-refractivity contribution in [2.45, 2.75) is 6.92 Å². The third kappa shape index (κ3) is 1.54. The van der Waals surface area contributed by atoms with Crippen LogP contribution in [-0.4, -0.2) is 4.98 Å². The van der Waals surface area contributed by atoms with Gasteiger partial charge in [-0.05, 0) is 19.1 Å². The smallest absolute Gasteiger partial charge is 0.228 e. The van der Waals surface area contributed by atoms with Crippen LogP contribution in [0.2, 0.25) is 0 Å². The number of benzene rings is 1. The maximum Gasteiger partial charge on any atom is 0.228 e. The SMILES string of the molecule is Cc1ccc(-c2ncc(N)o2)cc1. The number of hydrogen-bond acceptors (Lipinski definition) is 3. The Morgan fingerprint density at radius 2 is 1.92 bits per heavy atom. The molecule has 3 heteroatoms. The summed E-state index contributed by atoms with van der Waals surface area (Å²) in [5.41, 5.74) is 7.57. The fraction of sp³-hybridized carbons (Fsp3) is 0.100. The van der Waals surface area contributed by atoms with Gasteiger partial charge in [0.2, 0.25) is 11.8 Å². The van der Waals surface area contributed by atoms with Gasteiger partial charge < -0.3 is 10.2 Å². The molecular formula is C10H10N2O. The number of anilines is 1. The molecule has 0 unspecified atom stereocenters. The number of nitrogen functional groups attached to an aromatic ring is 1. The van der Waals surface area contributed by atoms with Crippen LogP contribution in [0, 0.1) is 6.92 Å². The van der Waals surface area contributed by atoms with Crippen LogP contribution in [0.1, 0.15) is 5.56 Å². The first kappa shape index (κ1) is 7.86. The highest BCUT2D eigenvalue weighted by Gasteiger charge is 2.02. The van der Waals surface area contributed by atoms with Crippen LogP contribution in [0.25, 0.3) is 11.5 Å². The van der Waals surface area contributed by atoms with E-state index in [2.05, 4.69) is 4.98 Å². The summed E-state index contributed by atoms with van der Waals surface area (Å²) in [7, 11) is 0. The van der Waals surface area contributed by atoms with E-state index in [0.29, 0.717) is 11.8 Å². The standard InChI is InChI=1S/C10H10N2O/c1-7-2-4-8(5-3-7)10-12-6-9(11)13-10/h2-6H,11H2,1H3. The van der Waals surface area contributed by atoms with Crippen molar-refractivity contribution in [1.82, 2.24) is 4.98 Å². The molecule has 1 aromatic carbocycles. The molecule has 3 nitrogen and oxygen atoms in total. The predicted molar refractivity (Wildman–Crippen MR) is 51.1 cm³/mol. The second kappa shape index (κ2) is 2.94. The summed E-state index contributed by atoms with van der Waals surface area (Å²) in [4.78, 5) is 4.02. The van der Waals surface area contributed by atoms with Crippen LogP contribution in [-0.2, 0) is 0 Å². The Morgan fingerprint density at radius 3 is 2.46 bits per heavy atom. The number of oxazole rings is 1. The van der Waals surface area contributed by atoms with E-state index >= 15 is 0 Å². The maximum atomic E-state index is 5.42. The summed E-state index contributed by atoms with van der Waals surface area (Å²) in [6.45, 7) is 2.04. The van der Waals surface area contributed by atoms with Crippen LogP contribution >= 0.6 is 0 Å². The lowest BCUT2D eigenvalue weighted by Crippen LogP contribution is -1.78. The predicted octanol–water partition coefficient (Wildman–Crippen LogP) is 2.23. The van der Waals surface area contributed by atoms with Gasteiger partial charge in [0.1, 0.15) is 0 Å². The zero-order chi connectivity index (χ0) is 9.26. The van der Waals surface area contributed by atoms with E-state index in [1.54, 1.807) is 0 Å². The van der Waals surface area contributed by atoms with Gasteiger partial charge in [-0.25, -0.2) is 4.98 Å². The Labute approximate surface area is 76.2 Å². The minimum Gasteiger partial charge on any atom is -0.421 e. The van der Waals surface area contributed by atoms with Gasteiger partial charge in [0, 0.05) is 5.56 Å². The summed E-state index contributed by atoms with van der Waals surface area (Å²) >= 11 is 0. The zero-order valence-electron chi connectivity index (χ0n) is 7.32. The molecule has 2 rings (SSSR count). The van der Waals surface area contributed by atoms with E-state index < -0.39 is 0 Å². The molecule has 66 valence electrons. The topological polar surface area (TPSA) is 52.0 Å². The monoisotopic (exact) mass is 174 g/mol. The first-order valence-electron chi connectivity index (χ1n) is 4.04. The molecule has 13 heavy (non-hydrogen) atoms. The van der Waals surface area contributed by atoms with Crippen molar-refractivity contribution in [3.05, 3.63) is 36.0 Å².